The number of anilines is 1. The number of methoxy groups -OCH3 is 1. The first kappa shape index (κ1) is 21.6. The molecular formula is C20H26N2O5S2. The lowest BCUT2D eigenvalue weighted by Crippen LogP contribution is -2.37. The van der Waals surface area contributed by atoms with Gasteiger partial charge in [0.15, 0.2) is 0 Å². The number of rotatable bonds is 7. The fourth-order valence-electron chi connectivity index (χ4n) is 3.42. The molecular weight excluding hydrogens is 412 g/mol. The number of nitrogens with zero attached hydrogens (tertiary/aromatic N) is 1. The molecule has 1 N–H and O–H groups in total. The highest BCUT2D eigenvalue weighted by molar-refractivity contribution is 7.92. The second kappa shape index (κ2) is 8.33. The zero-order valence-electron chi connectivity index (χ0n) is 16.8. The summed E-state index contributed by atoms with van der Waals surface area (Å²) in [7, 11) is -5.74. The third-order valence-electron chi connectivity index (χ3n) is 4.90. The Hall–Kier alpha value is -2.10. The number of benzene rings is 2. The third kappa shape index (κ3) is 4.73. The van der Waals surface area contributed by atoms with Crippen LogP contribution in [-0.4, -0.2) is 40.5 Å². The molecule has 7 nitrogen and oxygen atoms in total. The third-order valence-corrected chi connectivity index (χ3v) is 8.32. The van der Waals surface area contributed by atoms with E-state index in [0.717, 1.165) is 16.7 Å². The van der Waals surface area contributed by atoms with Crippen LogP contribution in [0.3, 0.4) is 0 Å². The van der Waals surface area contributed by atoms with Gasteiger partial charge in [-0.15, -0.1) is 0 Å². The van der Waals surface area contributed by atoms with Crippen molar-refractivity contribution in [1.82, 2.24) is 4.31 Å². The van der Waals surface area contributed by atoms with E-state index in [9.17, 15) is 16.8 Å². The topological polar surface area (TPSA) is 92.8 Å². The van der Waals surface area contributed by atoms with Gasteiger partial charge in [0.25, 0.3) is 10.0 Å². The largest absolute Gasteiger partial charge is 0.495 e. The molecule has 29 heavy (non-hydrogen) atoms. The summed E-state index contributed by atoms with van der Waals surface area (Å²) in [6, 6.07) is 10.2. The van der Waals surface area contributed by atoms with E-state index >= 15 is 0 Å². The molecule has 158 valence electrons. The molecule has 0 unspecified atom stereocenters. The van der Waals surface area contributed by atoms with Crippen molar-refractivity contribution in [3.05, 3.63) is 53.1 Å². The Balaban J connectivity index is 1.88. The van der Waals surface area contributed by atoms with Crippen LogP contribution in [-0.2, 0) is 33.0 Å². The molecule has 0 saturated heterocycles. The highest BCUT2D eigenvalue weighted by atomic mass is 32.2. The Morgan fingerprint density at radius 3 is 2.52 bits per heavy atom. The van der Waals surface area contributed by atoms with Gasteiger partial charge in [0, 0.05) is 18.8 Å². The molecule has 0 amide bonds. The quantitative estimate of drug-likeness (QED) is 0.718. The smallest absolute Gasteiger partial charge is 0.265 e. The van der Waals surface area contributed by atoms with E-state index in [1.807, 2.05) is 19.9 Å². The number of hydrogen-bond donors (Lipinski definition) is 1. The number of ether oxygens (including phenoxy) is 1. The van der Waals surface area contributed by atoms with E-state index in [0.29, 0.717) is 25.1 Å². The zero-order chi connectivity index (χ0) is 21.2. The van der Waals surface area contributed by atoms with Crippen LogP contribution in [0.1, 0.15) is 30.0 Å². The van der Waals surface area contributed by atoms with Gasteiger partial charge in [-0.05, 0) is 60.7 Å². The summed E-state index contributed by atoms with van der Waals surface area (Å²) in [6.07, 6.45) is 1.17. The van der Waals surface area contributed by atoms with Crippen molar-refractivity contribution in [1.29, 1.82) is 0 Å². The number of nitrogens with one attached hydrogen (secondary N) is 1. The maximum absolute atomic E-state index is 12.9. The molecule has 0 aromatic heterocycles. The van der Waals surface area contributed by atoms with Gasteiger partial charge < -0.3 is 4.74 Å². The normalized spacial score (nSPS) is 15.0. The van der Waals surface area contributed by atoms with Gasteiger partial charge in [0.1, 0.15) is 10.6 Å². The van der Waals surface area contributed by atoms with Crippen molar-refractivity contribution in [3.63, 3.8) is 0 Å². The lowest BCUT2D eigenvalue weighted by molar-refractivity contribution is 0.391. The van der Waals surface area contributed by atoms with Gasteiger partial charge in [0.05, 0.1) is 12.9 Å². The monoisotopic (exact) mass is 438 g/mol. The summed E-state index contributed by atoms with van der Waals surface area (Å²) in [6.45, 7) is 4.34. The minimum atomic E-state index is -3.86. The van der Waals surface area contributed by atoms with Crippen molar-refractivity contribution in [2.45, 2.75) is 38.1 Å². The fraction of sp³-hybridized carbons (Fsp3) is 0.400. The molecule has 1 heterocycles. The SMILES string of the molecule is CCCS(=O)(=O)N1CCc2ccc(NS(=O)(=O)c3cc(C)ccc3OC)cc2C1. The predicted molar refractivity (Wildman–Crippen MR) is 113 cm³/mol. The predicted octanol–water partition coefficient (Wildman–Crippen LogP) is 2.90. The Kier molecular flexibility index (Phi) is 6.21. The molecule has 0 spiro atoms. The van der Waals surface area contributed by atoms with E-state index < -0.39 is 20.0 Å². The highest BCUT2D eigenvalue weighted by Crippen LogP contribution is 2.29. The Bertz CT molecular complexity index is 1110. The molecule has 0 fully saturated rings. The van der Waals surface area contributed by atoms with Crippen LogP contribution < -0.4 is 9.46 Å². The van der Waals surface area contributed by atoms with Crippen LogP contribution in [0.4, 0.5) is 5.69 Å². The van der Waals surface area contributed by atoms with Crippen LogP contribution in [0.15, 0.2) is 41.3 Å². The number of fused-ring (bicyclic) bond motifs is 1. The summed E-state index contributed by atoms with van der Waals surface area (Å²) in [5.41, 5.74) is 3.03. The molecule has 1 aliphatic rings. The molecule has 0 bridgehead atoms. The lowest BCUT2D eigenvalue weighted by Gasteiger charge is -2.28. The van der Waals surface area contributed by atoms with Gasteiger partial charge >= 0.3 is 0 Å². The van der Waals surface area contributed by atoms with Crippen molar-refractivity contribution in [2.75, 3.05) is 24.1 Å². The average molecular weight is 439 g/mol. The van der Waals surface area contributed by atoms with E-state index in [1.54, 1.807) is 30.3 Å². The molecule has 2 aromatic carbocycles. The maximum atomic E-state index is 12.9. The maximum Gasteiger partial charge on any atom is 0.265 e. The molecule has 0 saturated carbocycles. The summed E-state index contributed by atoms with van der Waals surface area (Å²) >= 11 is 0. The van der Waals surface area contributed by atoms with Crippen molar-refractivity contribution in [3.8, 4) is 5.75 Å². The summed E-state index contributed by atoms with van der Waals surface area (Å²) in [5.74, 6) is 0.375. The van der Waals surface area contributed by atoms with Gasteiger partial charge in [-0.2, -0.15) is 4.31 Å². The average Bonchev–Trinajstić information content (AvgIpc) is 2.67. The van der Waals surface area contributed by atoms with Crippen LogP contribution in [0.2, 0.25) is 0 Å². The Morgan fingerprint density at radius 1 is 1.07 bits per heavy atom. The lowest BCUT2D eigenvalue weighted by atomic mass is 10.0. The number of sulfonamides is 2. The number of hydrogen-bond acceptors (Lipinski definition) is 5. The second-order valence-electron chi connectivity index (χ2n) is 7.14. The molecule has 2 aromatic rings. The fourth-order valence-corrected chi connectivity index (χ4v) is 6.21. The number of aryl methyl sites for hydroxylation is 1. The first-order valence-electron chi connectivity index (χ1n) is 9.43. The van der Waals surface area contributed by atoms with Crippen molar-refractivity contribution < 1.29 is 21.6 Å². The minimum Gasteiger partial charge on any atom is -0.495 e. The van der Waals surface area contributed by atoms with Crippen LogP contribution in [0.25, 0.3) is 0 Å². The van der Waals surface area contributed by atoms with Crippen molar-refractivity contribution >= 4 is 25.7 Å². The Morgan fingerprint density at radius 2 is 1.83 bits per heavy atom. The van der Waals surface area contributed by atoms with Gasteiger partial charge in [0.2, 0.25) is 10.0 Å². The highest BCUT2D eigenvalue weighted by Gasteiger charge is 2.27. The van der Waals surface area contributed by atoms with E-state index in [-0.39, 0.29) is 22.9 Å². The van der Waals surface area contributed by atoms with E-state index in [1.165, 1.54) is 11.4 Å². The molecule has 9 heteroatoms. The minimum absolute atomic E-state index is 0.0601. The van der Waals surface area contributed by atoms with E-state index in [2.05, 4.69) is 4.72 Å². The van der Waals surface area contributed by atoms with Crippen LogP contribution >= 0.6 is 0 Å². The Labute approximate surface area is 172 Å². The van der Waals surface area contributed by atoms with Crippen molar-refractivity contribution in [2.24, 2.45) is 0 Å². The van der Waals surface area contributed by atoms with Gasteiger partial charge in [-0.25, -0.2) is 16.8 Å². The van der Waals surface area contributed by atoms with Crippen LogP contribution in [0.5, 0.6) is 5.75 Å². The molecule has 1 aliphatic heterocycles. The first-order valence-corrected chi connectivity index (χ1v) is 12.5. The van der Waals surface area contributed by atoms with Gasteiger partial charge in [-0.3, -0.25) is 4.72 Å². The molecule has 3 rings (SSSR count). The van der Waals surface area contributed by atoms with Gasteiger partial charge in [-0.1, -0.05) is 19.1 Å². The van der Waals surface area contributed by atoms with E-state index in [4.69, 9.17) is 4.74 Å². The summed E-state index contributed by atoms with van der Waals surface area (Å²) < 4.78 is 59.9. The second-order valence-corrected chi connectivity index (χ2v) is 10.9. The molecule has 0 radical (unpaired) electrons. The molecule has 0 aliphatic carbocycles. The summed E-state index contributed by atoms with van der Waals surface area (Å²) in [4.78, 5) is 0.0601. The summed E-state index contributed by atoms with van der Waals surface area (Å²) in [5, 5.41) is 0. The van der Waals surface area contributed by atoms with Crippen LogP contribution in [0, 0.1) is 6.92 Å². The standard InChI is InChI=1S/C20H26N2O5S2/c1-4-11-28(23,24)22-10-9-16-6-7-18(13-17(16)14-22)21-29(25,26)20-12-15(2)5-8-19(20)27-3/h5-8,12-13,21H,4,9-11,14H2,1-3H3. The first-order chi connectivity index (χ1) is 13.7. The molecule has 0 atom stereocenters. The zero-order valence-corrected chi connectivity index (χ0v) is 18.4.